The van der Waals surface area contributed by atoms with Crippen LogP contribution in [0.1, 0.15) is 18.9 Å². The van der Waals surface area contributed by atoms with E-state index in [2.05, 4.69) is 11.4 Å². The number of nitriles is 1. The fraction of sp³-hybridized carbons (Fsp3) is 0.429. The average Bonchev–Trinajstić information content (AvgIpc) is 2.71. The molecule has 1 heterocycles. The Balaban J connectivity index is 2.08. The summed E-state index contributed by atoms with van der Waals surface area (Å²) in [5.74, 6) is -0.308. The molecule has 100 valence electrons. The lowest BCUT2D eigenvalue weighted by molar-refractivity contribution is 0.528. The van der Waals surface area contributed by atoms with Crippen molar-refractivity contribution in [3.63, 3.8) is 0 Å². The van der Waals surface area contributed by atoms with Crippen LogP contribution in [0.5, 0.6) is 0 Å². The Morgan fingerprint density at radius 1 is 1.53 bits per heavy atom. The molecule has 0 saturated carbocycles. The first-order valence-corrected chi connectivity index (χ1v) is 6.34. The van der Waals surface area contributed by atoms with Crippen molar-refractivity contribution in [2.75, 3.05) is 6.54 Å². The third kappa shape index (κ3) is 2.85. The summed E-state index contributed by atoms with van der Waals surface area (Å²) in [4.78, 5) is 11.4. The second kappa shape index (κ2) is 5.72. The molecule has 2 aromatic rings. The Bertz CT molecular complexity index is 663. The lowest BCUT2D eigenvalue weighted by Gasteiger charge is -2.08. The van der Waals surface area contributed by atoms with Gasteiger partial charge in [-0.1, -0.05) is 13.0 Å². The molecule has 1 aromatic carbocycles. The Kier molecular flexibility index (Phi) is 4.03. The number of aromatic nitrogens is 1. The normalized spacial score (nSPS) is 12.5. The number of nitrogens with zero attached hydrogens (tertiary/aromatic N) is 2. The van der Waals surface area contributed by atoms with Crippen molar-refractivity contribution >= 4 is 11.1 Å². The Morgan fingerprint density at radius 2 is 2.32 bits per heavy atom. The van der Waals surface area contributed by atoms with Crippen LogP contribution in [0.15, 0.2) is 27.4 Å². The van der Waals surface area contributed by atoms with Crippen molar-refractivity contribution in [2.24, 2.45) is 13.0 Å². The molecule has 1 aromatic heterocycles. The van der Waals surface area contributed by atoms with Gasteiger partial charge in [0.2, 0.25) is 0 Å². The fourth-order valence-electron chi connectivity index (χ4n) is 1.95. The summed E-state index contributed by atoms with van der Waals surface area (Å²) in [7, 11) is 1.69. The van der Waals surface area contributed by atoms with Gasteiger partial charge in [0.05, 0.1) is 17.5 Å². The van der Waals surface area contributed by atoms with Crippen LogP contribution in [0, 0.1) is 17.2 Å². The van der Waals surface area contributed by atoms with Crippen molar-refractivity contribution < 1.29 is 4.42 Å². The van der Waals surface area contributed by atoms with E-state index in [1.54, 1.807) is 13.1 Å². The molecule has 5 heteroatoms. The number of hydrogen-bond donors (Lipinski definition) is 1. The lowest BCUT2D eigenvalue weighted by atomic mass is 10.1. The molecular weight excluding hydrogens is 242 g/mol. The molecule has 0 spiro atoms. The molecule has 5 nitrogen and oxygen atoms in total. The van der Waals surface area contributed by atoms with Crippen LogP contribution in [-0.4, -0.2) is 11.1 Å². The molecule has 0 bridgehead atoms. The Labute approximate surface area is 111 Å². The third-order valence-corrected chi connectivity index (χ3v) is 3.25. The summed E-state index contributed by atoms with van der Waals surface area (Å²) in [6.45, 7) is 3.35. The summed E-state index contributed by atoms with van der Waals surface area (Å²) in [6.07, 6.45) is 0.846. The zero-order valence-corrected chi connectivity index (χ0v) is 11.1. The smallest absolute Gasteiger partial charge is 0.408 e. The van der Waals surface area contributed by atoms with Crippen LogP contribution in [-0.2, 0) is 13.6 Å². The van der Waals surface area contributed by atoms with E-state index in [1.807, 2.05) is 19.1 Å². The summed E-state index contributed by atoms with van der Waals surface area (Å²) in [5.41, 5.74) is 2.45. The predicted octanol–water partition coefficient (Wildman–Crippen LogP) is 1.77. The number of oxazole rings is 1. The first-order chi connectivity index (χ1) is 9.15. The quantitative estimate of drug-likeness (QED) is 0.888. The van der Waals surface area contributed by atoms with Crippen molar-refractivity contribution in [1.29, 1.82) is 5.26 Å². The van der Waals surface area contributed by atoms with Gasteiger partial charge in [0.25, 0.3) is 0 Å². The maximum Gasteiger partial charge on any atom is 0.419 e. The summed E-state index contributed by atoms with van der Waals surface area (Å²) < 4.78 is 6.56. The van der Waals surface area contributed by atoms with Gasteiger partial charge >= 0.3 is 5.76 Å². The van der Waals surface area contributed by atoms with Gasteiger partial charge in [-0.2, -0.15) is 5.26 Å². The van der Waals surface area contributed by atoms with Crippen molar-refractivity contribution in [1.82, 2.24) is 9.88 Å². The number of hydrogen-bond acceptors (Lipinski definition) is 4. The van der Waals surface area contributed by atoms with Crippen LogP contribution in [0.3, 0.4) is 0 Å². The van der Waals surface area contributed by atoms with Crippen LogP contribution in [0.4, 0.5) is 0 Å². The number of fused-ring (bicyclic) bond motifs is 1. The lowest BCUT2D eigenvalue weighted by Crippen LogP contribution is -2.21. The van der Waals surface area contributed by atoms with Crippen molar-refractivity contribution in [3.05, 3.63) is 34.3 Å². The van der Waals surface area contributed by atoms with Gasteiger partial charge in [-0.25, -0.2) is 4.79 Å². The van der Waals surface area contributed by atoms with E-state index in [4.69, 9.17) is 9.68 Å². The fourth-order valence-corrected chi connectivity index (χ4v) is 1.95. The number of aryl methyl sites for hydroxylation is 1. The zero-order chi connectivity index (χ0) is 13.8. The molecule has 1 atom stereocenters. The molecule has 0 aliphatic carbocycles. The molecule has 0 amide bonds. The molecule has 0 radical (unpaired) electrons. The van der Waals surface area contributed by atoms with Gasteiger partial charge in [0.15, 0.2) is 5.58 Å². The van der Waals surface area contributed by atoms with Gasteiger partial charge in [-0.15, -0.1) is 0 Å². The second-order valence-electron chi connectivity index (χ2n) is 4.59. The minimum absolute atomic E-state index is 0.0435. The second-order valence-corrected chi connectivity index (χ2v) is 4.59. The Hall–Kier alpha value is -2.06. The Morgan fingerprint density at radius 3 is 3.00 bits per heavy atom. The summed E-state index contributed by atoms with van der Waals surface area (Å²) >= 11 is 0. The van der Waals surface area contributed by atoms with Gasteiger partial charge in [0, 0.05) is 20.1 Å². The maximum atomic E-state index is 11.4. The van der Waals surface area contributed by atoms with Crippen LogP contribution < -0.4 is 11.1 Å². The standard InChI is InChI=1S/C14H17N3O2/c1-3-10(7-15)8-16-9-11-4-5-13-12(6-11)17(2)14(18)19-13/h4-6,10,16H,3,8-9H2,1-2H3. The molecule has 19 heavy (non-hydrogen) atoms. The van der Waals surface area contributed by atoms with Gasteiger partial charge in [-0.3, -0.25) is 4.57 Å². The van der Waals surface area contributed by atoms with Gasteiger partial charge in [0.1, 0.15) is 0 Å². The number of rotatable bonds is 5. The highest BCUT2D eigenvalue weighted by Gasteiger charge is 2.07. The molecule has 0 aliphatic heterocycles. The summed E-state index contributed by atoms with van der Waals surface area (Å²) in [5, 5.41) is 12.1. The van der Waals surface area contributed by atoms with E-state index in [0.717, 1.165) is 17.5 Å². The topological polar surface area (TPSA) is 71.0 Å². The van der Waals surface area contributed by atoms with Crippen LogP contribution in [0.2, 0.25) is 0 Å². The van der Waals surface area contributed by atoms with Crippen LogP contribution >= 0.6 is 0 Å². The highest BCUT2D eigenvalue weighted by molar-refractivity contribution is 5.73. The van der Waals surface area contributed by atoms with E-state index in [-0.39, 0.29) is 11.7 Å². The molecule has 1 N–H and O–H groups in total. The minimum Gasteiger partial charge on any atom is -0.408 e. The van der Waals surface area contributed by atoms with E-state index < -0.39 is 0 Å². The largest absolute Gasteiger partial charge is 0.419 e. The molecule has 2 rings (SSSR count). The number of nitrogens with one attached hydrogen (secondary N) is 1. The SMILES string of the molecule is CCC(C#N)CNCc1ccc2oc(=O)n(C)c2c1. The highest BCUT2D eigenvalue weighted by Crippen LogP contribution is 2.14. The van der Waals surface area contributed by atoms with E-state index >= 15 is 0 Å². The highest BCUT2D eigenvalue weighted by atomic mass is 16.4. The average molecular weight is 259 g/mol. The van der Waals surface area contributed by atoms with E-state index in [9.17, 15) is 4.79 Å². The van der Waals surface area contributed by atoms with E-state index in [0.29, 0.717) is 18.7 Å². The van der Waals surface area contributed by atoms with Crippen LogP contribution in [0.25, 0.3) is 11.1 Å². The van der Waals surface area contributed by atoms with Crippen molar-refractivity contribution in [3.8, 4) is 6.07 Å². The maximum absolute atomic E-state index is 11.4. The molecule has 0 aliphatic rings. The monoisotopic (exact) mass is 259 g/mol. The first kappa shape index (κ1) is 13.4. The molecule has 1 unspecified atom stereocenters. The van der Waals surface area contributed by atoms with Gasteiger partial charge in [-0.05, 0) is 24.1 Å². The predicted molar refractivity (Wildman–Crippen MR) is 72.6 cm³/mol. The van der Waals surface area contributed by atoms with E-state index in [1.165, 1.54) is 4.57 Å². The van der Waals surface area contributed by atoms with Crippen molar-refractivity contribution in [2.45, 2.75) is 19.9 Å². The molecular formula is C14H17N3O2. The van der Waals surface area contributed by atoms with Gasteiger partial charge < -0.3 is 9.73 Å². The first-order valence-electron chi connectivity index (χ1n) is 6.34. The molecule has 0 saturated heterocycles. The third-order valence-electron chi connectivity index (χ3n) is 3.25. The zero-order valence-electron chi connectivity index (χ0n) is 11.1. The number of benzene rings is 1. The molecule has 0 fully saturated rings. The minimum atomic E-state index is -0.351. The summed E-state index contributed by atoms with van der Waals surface area (Å²) in [6, 6.07) is 7.91.